The summed E-state index contributed by atoms with van der Waals surface area (Å²) in [6.45, 7) is 8.09. The molecule has 2 nitrogen and oxygen atoms in total. The van der Waals surface area contributed by atoms with Gasteiger partial charge in [-0.25, -0.2) is 4.79 Å². The molecule has 2 aliphatic carbocycles. The highest BCUT2D eigenvalue weighted by Crippen LogP contribution is 2.49. The molecule has 0 N–H and O–H groups in total. The van der Waals surface area contributed by atoms with Crippen molar-refractivity contribution in [1.29, 1.82) is 0 Å². The summed E-state index contributed by atoms with van der Waals surface area (Å²) in [7, 11) is 0. The second kappa shape index (κ2) is 7.34. The first kappa shape index (κ1) is 18.0. The molecule has 0 aliphatic heterocycles. The van der Waals surface area contributed by atoms with E-state index in [2.05, 4.69) is 50.8 Å². The van der Waals surface area contributed by atoms with Crippen molar-refractivity contribution in [2.75, 3.05) is 0 Å². The van der Waals surface area contributed by atoms with Crippen molar-refractivity contribution in [2.24, 2.45) is 5.92 Å². The highest BCUT2D eigenvalue weighted by Gasteiger charge is 2.36. The van der Waals surface area contributed by atoms with Crippen molar-refractivity contribution in [3.8, 4) is 0 Å². The van der Waals surface area contributed by atoms with E-state index in [1.54, 1.807) is 0 Å². The lowest BCUT2D eigenvalue weighted by atomic mass is 9.69. The third-order valence-electron chi connectivity index (χ3n) is 6.22. The van der Waals surface area contributed by atoms with Gasteiger partial charge in [-0.3, -0.25) is 0 Å². The minimum Gasteiger partial charge on any atom is -0.427 e. The molecule has 4 rings (SSSR count). The Hall–Kier alpha value is -2.35. The maximum atomic E-state index is 12.0. The van der Waals surface area contributed by atoms with Crippen molar-refractivity contribution >= 4 is 22.8 Å². The van der Waals surface area contributed by atoms with Gasteiger partial charge in [0.1, 0.15) is 5.76 Å². The normalized spacial score (nSPS) is 20.3. The Kier molecular flexibility index (Phi) is 4.90. The zero-order valence-corrected chi connectivity index (χ0v) is 16.4. The summed E-state index contributed by atoms with van der Waals surface area (Å²) >= 11 is 0. The van der Waals surface area contributed by atoms with Crippen molar-refractivity contribution in [3.05, 3.63) is 64.9 Å². The fourth-order valence-electron chi connectivity index (χ4n) is 4.82. The second-order valence-electron chi connectivity index (χ2n) is 8.00. The molecule has 0 radical (unpaired) electrons. The van der Waals surface area contributed by atoms with E-state index >= 15 is 0 Å². The van der Waals surface area contributed by atoms with Crippen LogP contribution in [0.15, 0.2) is 42.7 Å². The molecule has 2 unspecified atom stereocenters. The van der Waals surface area contributed by atoms with Crippen molar-refractivity contribution in [3.63, 3.8) is 0 Å². The minimum atomic E-state index is -0.361. The summed E-state index contributed by atoms with van der Waals surface area (Å²) in [5.74, 6) is 1.07. The van der Waals surface area contributed by atoms with Crippen LogP contribution in [0.5, 0.6) is 0 Å². The Labute approximate surface area is 161 Å². The lowest BCUT2D eigenvalue weighted by Gasteiger charge is -2.36. The van der Waals surface area contributed by atoms with Crippen LogP contribution >= 0.6 is 0 Å². The molecule has 0 spiro atoms. The van der Waals surface area contributed by atoms with E-state index in [0.29, 0.717) is 5.92 Å². The molecule has 2 atom stereocenters. The standard InChI is InChI=1S/C25H28O2/c1-4-6-7-8-17-11-12-18-13-14-19-10-9-16(3)23-21(27-22(26)5-2)15-20(17)24(18)25(19)23/h5,11-16,23H,2,4,6-10H2,1,3H3. The van der Waals surface area contributed by atoms with Crippen LogP contribution in [0.3, 0.4) is 0 Å². The number of allylic oxidation sites excluding steroid dienone is 1. The minimum absolute atomic E-state index is 0.166. The Balaban J connectivity index is 1.91. The number of benzene rings is 2. The molecule has 0 saturated carbocycles. The molecule has 140 valence electrons. The molecule has 0 amide bonds. The largest absolute Gasteiger partial charge is 0.427 e. The average molecular weight is 360 g/mol. The van der Waals surface area contributed by atoms with Gasteiger partial charge in [0.15, 0.2) is 0 Å². The maximum absolute atomic E-state index is 12.0. The fraction of sp³-hybridized carbons (Fsp3) is 0.400. The van der Waals surface area contributed by atoms with E-state index < -0.39 is 0 Å². The number of hydrogen-bond acceptors (Lipinski definition) is 2. The Morgan fingerprint density at radius 2 is 2.07 bits per heavy atom. The molecule has 2 aromatic rings. The number of hydrogen-bond donors (Lipinski definition) is 0. The monoisotopic (exact) mass is 360 g/mol. The highest BCUT2D eigenvalue weighted by molar-refractivity contribution is 5.99. The Morgan fingerprint density at radius 3 is 2.85 bits per heavy atom. The molecule has 0 fully saturated rings. The maximum Gasteiger partial charge on any atom is 0.335 e. The van der Waals surface area contributed by atoms with E-state index in [4.69, 9.17) is 4.74 Å². The smallest absolute Gasteiger partial charge is 0.335 e. The third kappa shape index (κ3) is 3.12. The summed E-state index contributed by atoms with van der Waals surface area (Å²) in [6.07, 6.45) is 10.4. The van der Waals surface area contributed by atoms with E-state index in [1.165, 1.54) is 58.4 Å². The number of rotatable bonds is 6. The third-order valence-corrected chi connectivity index (χ3v) is 6.22. The zero-order chi connectivity index (χ0) is 19.0. The number of ether oxygens (including phenoxy) is 1. The first-order chi connectivity index (χ1) is 13.1. The predicted octanol–water partition coefficient (Wildman–Crippen LogP) is 6.32. The molecule has 0 saturated heterocycles. The summed E-state index contributed by atoms with van der Waals surface area (Å²) in [5.41, 5.74) is 5.44. The number of aryl methyl sites for hydroxylation is 2. The van der Waals surface area contributed by atoms with Crippen LogP contribution in [-0.4, -0.2) is 5.97 Å². The van der Waals surface area contributed by atoms with Crippen LogP contribution < -0.4 is 0 Å². The first-order valence-electron chi connectivity index (χ1n) is 10.3. The Bertz CT molecular complexity index is 935. The van der Waals surface area contributed by atoms with Gasteiger partial charge in [0.05, 0.1) is 0 Å². The zero-order valence-electron chi connectivity index (χ0n) is 16.4. The van der Waals surface area contributed by atoms with Crippen LogP contribution in [0.1, 0.15) is 67.7 Å². The molecule has 0 heterocycles. The number of carbonyl (C=O) groups is 1. The van der Waals surface area contributed by atoms with Gasteiger partial charge in [-0.2, -0.15) is 0 Å². The molecule has 0 bridgehead atoms. The molecule has 2 heteroatoms. The van der Waals surface area contributed by atoms with Gasteiger partial charge in [0.25, 0.3) is 0 Å². The highest BCUT2D eigenvalue weighted by atomic mass is 16.5. The lowest BCUT2D eigenvalue weighted by molar-refractivity contribution is -0.134. The SMILES string of the molecule is C=CC(=O)OC1=Cc2c(CCCCC)ccc3ccc4c(c23)C1C(C)CC4. The van der Waals surface area contributed by atoms with Gasteiger partial charge < -0.3 is 4.74 Å². The quantitative estimate of drug-likeness (QED) is 0.342. The molecule has 2 aliphatic rings. The molecule has 27 heavy (non-hydrogen) atoms. The van der Waals surface area contributed by atoms with Gasteiger partial charge in [-0.15, -0.1) is 0 Å². The lowest BCUT2D eigenvalue weighted by Crippen LogP contribution is -2.25. The van der Waals surface area contributed by atoms with Crippen LogP contribution in [0.25, 0.3) is 16.8 Å². The predicted molar refractivity (Wildman–Crippen MR) is 112 cm³/mol. The number of unbranched alkanes of at least 4 members (excludes halogenated alkanes) is 2. The Morgan fingerprint density at radius 1 is 1.26 bits per heavy atom. The van der Waals surface area contributed by atoms with Gasteiger partial charge in [-0.05, 0) is 70.7 Å². The summed E-state index contributed by atoms with van der Waals surface area (Å²) in [5, 5.41) is 2.68. The molecular weight excluding hydrogens is 332 g/mol. The molecule has 0 aromatic heterocycles. The molecule has 2 aromatic carbocycles. The molecular formula is C25H28O2. The van der Waals surface area contributed by atoms with Gasteiger partial charge in [0.2, 0.25) is 0 Å². The fourth-order valence-corrected chi connectivity index (χ4v) is 4.82. The number of carbonyl (C=O) groups excluding carboxylic acids is 1. The number of esters is 1. The van der Waals surface area contributed by atoms with Crippen LogP contribution in [0, 0.1) is 5.92 Å². The average Bonchev–Trinajstić information content (AvgIpc) is 2.68. The van der Waals surface area contributed by atoms with Crippen LogP contribution in [0.2, 0.25) is 0 Å². The van der Waals surface area contributed by atoms with E-state index in [9.17, 15) is 4.79 Å². The van der Waals surface area contributed by atoms with Crippen molar-refractivity contribution < 1.29 is 9.53 Å². The van der Waals surface area contributed by atoms with E-state index in [1.807, 2.05) is 0 Å². The summed E-state index contributed by atoms with van der Waals surface area (Å²) in [6, 6.07) is 9.06. The summed E-state index contributed by atoms with van der Waals surface area (Å²) < 4.78 is 5.78. The topological polar surface area (TPSA) is 26.3 Å². The van der Waals surface area contributed by atoms with Gasteiger partial charge >= 0.3 is 5.97 Å². The van der Waals surface area contributed by atoms with E-state index in [0.717, 1.165) is 25.0 Å². The van der Waals surface area contributed by atoms with Crippen molar-refractivity contribution in [2.45, 2.75) is 58.3 Å². The first-order valence-corrected chi connectivity index (χ1v) is 10.3. The second-order valence-corrected chi connectivity index (χ2v) is 8.00. The van der Waals surface area contributed by atoms with Crippen molar-refractivity contribution in [1.82, 2.24) is 0 Å². The van der Waals surface area contributed by atoms with Crippen LogP contribution in [0.4, 0.5) is 0 Å². The van der Waals surface area contributed by atoms with Crippen LogP contribution in [-0.2, 0) is 22.4 Å². The van der Waals surface area contributed by atoms with E-state index in [-0.39, 0.29) is 11.9 Å². The van der Waals surface area contributed by atoms with Gasteiger partial charge in [0, 0.05) is 12.0 Å². The van der Waals surface area contributed by atoms with Gasteiger partial charge in [-0.1, -0.05) is 57.5 Å². The summed E-state index contributed by atoms with van der Waals surface area (Å²) in [4.78, 5) is 12.0.